The molecule has 1 amide bonds. The van der Waals surface area contributed by atoms with Crippen molar-refractivity contribution in [1.29, 1.82) is 0 Å². The van der Waals surface area contributed by atoms with Crippen molar-refractivity contribution in [2.24, 2.45) is 0 Å². The number of aromatic nitrogens is 1. The van der Waals surface area contributed by atoms with E-state index < -0.39 is 6.36 Å². The Hall–Kier alpha value is -3.09. The van der Waals surface area contributed by atoms with Crippen LogP contribution in [0.3, 0.4) is 0 Å². The van der Waals surface area contributed by atoms with Crippen molar-refractivity contribution >= 4 is 16.7 Å². The summed E-state index contributed by atoms with van der Waals surface area (Å²) >= 11 is 0. The Morgan fingerprint density at radius 1 is 1.08 bits per heavy atom. The van der Waals surface area contributed by atoms with E-state index in [2.05, 4.69) is 15.0 Å². The van der Waals surface area contributed by atoms with Crippen molar-refractivity contribution in [3.8, 4) is 5.75 Å². The summed E-state index contributed by atoms with van der Waals surface area (Å²) in [6, 6.07) is 12.9. The molecule has 0 aliphatic rings. The molecule has 7 heteroatoms. The van der Waals surface area contributed by atoms with Crippen molar-refractivity contribution < 1.29 is 22.7 Å². The Kier molecular flexibility index (Phi) is 5.06. The van der Waals surface area contributed by atoms with E-state index in [0.717, 1.165) is 16.3 Å². The number of rotatable bonds is 5. The molecule has 0 saturated heterocycles. The van der Waals surface area contributed by atoms with Crippen LogP contribution in [0.1, 0.15) is 11.1 Å². The van der Waals surface area contributed by atoms with Gasteiger partial charge >= 0.3 is 6.36 Å². The molecule has 0 bridgehead atoms. The van der Waals surface area contributed by atoms with Gasteiger partial charge in [-0.2, -0.15) is 0 Å². The topological polar surface area (TPSA) is 51.2 Å². The second-order valence-electron chi connectivity index (χ2n) is 5.66. The number of nitrogens with zero attached hydrogens (tertiary/aromatic N) is 1. The number of benzene rings is 2. The van der Waals surface area contributed by atoms with Crippen LogP contribution in [-0.4, -0.2) is 17.3 Å². The maximum absolute atomic E-state index is 12.2. The third-order valence-corrected chi connectivity index (χ3v) is 3.77. The first-order valence-electron chi connectivity index (χ1n) is 7.84. The zero-order valence-corrected chi connectivity index (χ0v) is 13.6. The number of pyridine rings is 1. The fourth-order valence-electron chi connectivity index (χ4n) is 2.59. The highest BCUT2D eigenvalue weighted by Crippen LogP contribution is 2.22. The van der Waals surface area contributed by atoms with E-state index in [1.165, 1.54) is 24.3 Å². The Morgan fingerprint density at radius 2 is 1.85 bits per heavy atom. The van der Waals surface area contributed by atoms with Crippen LogP contribution >= 0.6 is 0 Å². The van der Waals surface area contributed by atoms with E-state index in [0.29, 0.717) is 5.56 Å². The van der Waals surface area contributed by atoms with Gasteiger partial charge in [-0.05, 0) is 34.7 Å². The molecular weight excluding hydrogens is 345 g/mol. The third kappa shape index (κ3) is 4.72. The van der Waals surface area contributed by atoms with Crippen molar-refractivity contribution in [3.63, 3.8) is 0 Å². The number of hydrogen-bond donors (Lipinski definition) is 1. The van der Waals surface area contributed by atoms with Gasteiger partial charge in [0, 0.05) is 24.3 Å². The molecule has 0 saturated carbocycles. The van der Waals surface area contributed by atoms with E-state index in [-0.39, 0.29) is 24.6 Å². The molecule has 0 aliphatic heterocycles. The van der Waals surface area contributed by atoms with Gasteiger partial charge < -0.3 is 10.1 Å². The zero-order valence-electron chi connectivity index (χ0n) is 13.6. The lowest BCUT2D eigenvalue weighted by molar-refractivity contribution is -0.274. The van der Waals surface area contributed by atoms with Gasteiger partial charge in [-0.15, -0.1) is 13.2 Å². The van der Waals surface area contributed by atoms with Crippen molar-refractivity contribution in [1.82, 2.24) is 10.3 Å². The minimum atomic E-state index is -4.72. The first kappa shape index (κ1) is 17.7. The molecule has 134 valence electrons. The number of carbonyl (C=O) groups excluding carboxylic acids is 1. The van der Waals surface area contributed by atoms with Gasteiger partial charge in [-0.1, -0.05) is 30.3 Å². The lowest BCUT2D eigenvalue weighted by atomic mass is 10.0. The predicted molar refractivity (Wildman–Crippen MR) is 90.4 cm³/mol. The third-order valence-electron chi connectivity index (χ3n) is 3.77. The molecule has 0 aliphatic carbocycles. The first-order chi connectivity index (χ1) is 12.4. The molecule has 2 aromatic carbocycles. The maximum atomic E-state index is 12.2. The van der Waals surface area contributed by atoms with Crippen LogP contribution in [0.2, 0.25) is 0 Å². The Balaban J connectivity index is 1.59. The quantitative estimate of drug-likeness (QED) is 0.748. The van der Waals surface area contributed by atoms with Gasteiger partial charge in [0.15, 0.2) is 0 Å². The fraction of sp³-hybridized carbons (Fsp3) is 0.158. The average molecular weight is 360 g/mol. The lowest BCUT2D eigenvalue weighted by Gasteiger charge is -2.10. The summed E-state index contributed by atoms with van der Waals surface area (Å²) in [5.74, 6) is -0.470. The fourth-order valence-corrected chi connectivity index (χ4v) is 2.59. The summed E-state index contributed by atoms with van der Waals surface area (Å²) < 4.78 is 40.2. The van der Waals surface area contributed by atoms with Gasteiger partial charge in [0.25, 0.3) is 0 Å². The molecule has 1 heterocycles. The number of alkyl halides is 3. The van der Waals surface area contributed by atoms with Gasteiger partial charge in [0.05, 0.1) is 6.42 Å². The largest absolute Gasteiger partial charge is 0.573 e. The zero-order chi connectivity index (χ0) is 18.6. The van der Waals surface area contributed by atoms with E-state index in [9.17, 15) is 18.0 Å². The summed E-state index contributed by atoms with van der Waals surface area (Å²) in [4.78, 5) is 16.2. The minimum absolute atomic E-state index is 0.176. The number of fused-ring (bicyclic) bond motifs is 1. The standard InChI is InChI=1S/C19H15F3N2O2/c20-19(21,22)26-16-6-4-13(5-7-16)11-24-18(25)10-14-2-1-3-15-12-23-9-8-17(14)15/h1-9,12H,10-11H2,(H,24,25). The van der Waals surface area contributed by atoms with Crippen molar-refractivity contribution in [2.75, 3.05) is 0 Å². The Labute approximate surface area is 147 Å². The molecule has 1 aromatic heterocycles. The molecule has 0 atom stereocenters. The number of halogens is 3. The summed E-state index contributed by atoms with van der Waals surface area (Å²) in [5.41, 5.74) is 1.56. The van der Waals surface area contributed by atoms with Crippen LogP contribution in [-0.2, 0) is 17.8 Å². The van der Waals surface area contributed by atoms with Crippen LogP contribution in [0.25, 0.3) is 10.8 Å². The van der Waals surface area contributed by atoms with E-state index in [1.54, 1.807) is 12.4 Å². The lowest BCUT2D eigenvalue weighted by Crippen LogP contribution is -2.24. The second kappa shape index (κ2) is 7.43. The predicted octanol–water partition coefficient (Wildman–Crippen LogP) is 3.99. The molecule has 4 nitrogen and oxygen atoms in total. The van der Waals surface area contributed by atoms with Crippen LogP contribution < -0.4 is 10.1 Å². The first-order valence-corrected chi connectivity index (χ1v) is 7.84. The summed E-state index contributed by atoms with van der Waals surface area (Å²) in [5, 5.41) is 4.68. The summed E-state index contributed by atoms with van der Waals surface area (Å²) in [6.45, 7) is 0.220. The number of hydrogen-bond acceptors (Lipinski definition) is 3. The molecule has 0 spiro atoms. The molecular formula is C19H15F3N2O2. The van der Waals surface area contributed by atoms with Gasteiger partial charge in [0.1, 0.15) is 5.75 Å². The molecule has 0 radical (unpaired) electrons. The minimum Gasteiger partial charge on any atom is -0.406 e. The highest BCUT2D eigenvalue weighted by atomic mass is 19.4. The highest BCUT2D eigenvalue weighted by molar-refractivity contribution is 5.89. The van der Waals surface area contributed by atoms with Gasteiger partial charge in [-0.3, -0.25) is 9.78 Å². The van der Waals surface area contributed by atoms with Crippen LogP contribution in [0.5, 0.6) is 5.75 Å². The van der Waals surface area contributed by atoms with Crippen LogP contribution in [0.15, 0.2) is 60.9 Å². The number of carbonyl (C=O) groups is 1. The molecule has 0 fully saturated rings. The molecule has 1 N–H and O–H groups in total. The van der Waals surface area contributed by atoms with Gasteiger partial charge in [-0.25, -0.2) is 0 Å². The Bertz CT molecular complexity index is 903. The number of ether oxygens (including phenoxy) is 1. The van der Waals surface area contributed by atoms with Crippen molar-refractivity contribution in [3.05, 3.63) is 72.1 Å². The molecule has 26 heavy (non-hydrogen) atoms. The van der Waals surface area contributed by atoms with Crippen LogP contribution in [0, 0.1) is 0 Å². The second-order valence-corrected chi connectivity index (χ2v) is 5.66. The summed E-state index contributed by atoms with van der Waals surface area (Å²) in [7, 11) is 0. The molecule has 0 unspecified atom stereocenters. The Morgan fingerprint density at radius 3 is 2.58 bits per heavy atom. The average Bonchev–Trinajstić information content (AvgIpc) is 2.60. The van der Waals surface area contributed by atoms with Crippen LogP contribution in [0.4, 0.5) is 13.2 Å². The van der Waals surface area contributed by atoms with Crippen molar-refractivity contribution in [2.45, 2.75) is 19.3 Å². The summed E-state index contributed by atoms with van der Waals surface area (Å²) in [6.07, 6.45) is -1.10. The SMILES string of the molecule is O=C(Cc1cccc2cnccc12)NCc1ccc(OC(F)(F)F)cc1. The van der Waals surface area contributed by atoms with E-state index >= 15 is 0 Å². The smallest absolute Gasteiger partial charge is 0.406 e. The monoisotopic (exact) mass is 360 g/mol. The highest BCUT2D eigenvalue weighted by Gasteiger charge is 2.30. The van der Waals surface area contributed by atoms with Gasteiger partial charge in [0.2, 0.25) is 5.91 Å². The van der Waals surface area contributed by atoms with E-state index in [4.69, 9.17) is 0 Å². The number of nitrogens with one attached hydrogen (secondary N) is 1. The normalized spacial score (nSPS) is 11.3. The number of amides is 1. The maximum Gasteiger partial charge on any atom is 0.573 e. The van der Waals surface area contributed by atoms with E-state index in [1.807, 2.05) is 24.3 Å². The molecule has 3 rings (SSSR count). The molecule has 3 aromatic rings.